The number of phosphoric acid groups is 1. The number of nitrogens with two attached hydrogens (primary N) is 2. The van der Waals surface area contributed by atoms with Crippen molar-refractivity contribution in [1.29, 1.82) is 0 Å². The molecule has 0 aromatic carbocycles. The highest BCUT2D eigenvalue weighted by Gasteiger charge is 2.53. The largest absolute Gasteiger partial charge is 0.472 e. The number of halogens is 1. The summed E-state index contributed by atoms with van der Waals surface area (Å²) < 4.78 is 73.3. The number of alkyl halides is 1. The number of hydrogen-bond donors (Lipinski definition) is 5. The van der Waals surface area contributed by atoms with Gasteiger partial charge < -0.3 is 30.7 Å². The van der Waals surface area contributed by atoms with Crippen LogP contribution in [0.2, 0.25) is 0 Å². The number of phosphoric ester groups is 1. The first-order chi connectivity index (χ1) is 21.3. The van der Waals surface area contributed by atoms with Crippen molar-refractivity contribution in [3.63, 3.8) is 0 Å². The molecule has 10 atom stereocenters. The number of nitrogens with zero attached hydrogens (tertiary/aromatic N) is 7. The Bertz CT molecular complexity index is 1940. The topological polar surface area (TPSA) is 280 Å². The minimum absolute atomic E-state index is 0.00921. The average Bonchev–Trinajstić information content (AvgIpc) is 3.72. The molecule has 3 aliphatic rings. The van der Waals surface area contributed by atoms with Gasteiger partial charge in [0.25, 0.3) is 5.56 Å². The summed E-state index contributed by atoms with van der Waals surface area (Å²) in [5, 5.41) is 0. The molecule has 2 bridgehead atoms. The molecule has 23 heteroatoms. The second-order valence-corrected chi connectivity index (χ2v) is 14.2. The summed E-state index contributed by atoms with van der Waals surface area (Å²) in [6.45, 7) is 0.855. The smallest absolute Gasteiger partial charge is 0.382 e. The maximum atomic E-state index is 16.0. The van der Waals surface area contributed by atoms with Gasteiger partial charge in [-0.15, -0.1) is 0 Å². The fraction of sp³-hybridized carbons (Fsp3) is 0.545. The number of aromatic nitrogens is 8. The number of anilines is 2. The molecule has 0 spiro atoms. The normalized spacial score (nSPS) is 37.7. The predicted molar refractivity (Wildman–Crippen MR) is 149 cm³/mol. The van der Waals surface area contributed by atoms with E-state index in [2.05, 4.69) is 29.9 Å². The molecule has 10 unspecified atom stereocenters. The lowest BCUT2D eigenvalue weighted by atomic mass is 9.99. The van der Waals surface area contributed by atoms with Gasteiger partial charge >= 0.3 is 15.4 Å². The van der Waals surface area contributed by atoms with Gasteiger partial charge in [0.05, 0.1) is 31.5 Å². The highest BCUT2D eigenvalue weighted by atomic mass is 31.2. The van der Waals surface area contributed by atoms with Crippen LogP contribution in [0.25, 0.3) is 22.3 Å². The fourth-order valence-electron chi connectivity index (χ4n) is 5.80. The lowest BCUT2D eigenvalue weighted by Gasteiger charge is -2.26. The summed E-state index contributed by atoms with van der Waals surface area (Å²) in [4.78, 5) is 56.5. The van der Waals surface area contributed by atoms with E-state index < -0.39 is 82.7 Å². The van der Waals surface area contributed by atoms with E-state index >= 15 is 4.39 Å². The van der Waals surface area contributed by atoms with Gasteiger partial charge in [-0.05, 0) is 6.42 Å². The van der Waals surface area contributed by atoms with Gasteiger partial charge in [0.15, 0.2) is 41.3 Å². The number of aromatic amines is 1. The molecule has 0 saturated carbocycles. The first kappa shape index (κ1) is 30.3. The van der Waals surface area contributed by atoms with Crippen molar-refractivity contribution in [3.05, 3.63) is 29.3 Å². The van der Waals surface area contributed by atoms with Crippen molar-refractivity contribution >= 4 is 49.5 Å². The van der Waals surface area contributed by atoms with Crippen LogP contribution in [0.5, 0.6) is 0 Å². The Balaban J connectivity index is 1.21. The Morgan fingerprint density at radius 1 is 0.978 bits per heavy atom. The van der Waals surface area contributed by atoms with Gasteiger partial charge in [-0.1, -0.05) is 6.92 Å². The maximum absolute atomic E-state index is 16.0. The maximum Gasteiger partial charge on any atom is 0.472 e. The van der Waals surface area contributed by atoms with E-state index in [4.69, 9.17) is 34.5 Å². The lowest BCUT2D eigenvalue weighted by molar-refractivity contribution is -0.0565. The first-order valence-electron chi connectivity index (χ1n) is 13.6. The molecule has 0 aliphatic carbocycles. The molecule has 20 nitrogen and oxygen atoms in total. The summed E-state index contributed by atoms with van der Waals surface area (Å²) in [6, 6.07) is 0. The first-order valence-corrected chi connectivity index (χ1v) is 16.8. The summed E-state index contributed by atoms with van der Waals surface area (Å²) in [5.74, 6) is -0.845. The quantitative estimate of drug-likeness (QED) is 0.180. The zero-order chi connectivity index (χ0) is 31.8. The average molecular weight is 672 g/mol. The molecule has 7 N–H and O–H groups in total. The van der Waals surface area contributed by atoms with Crippen molar-refractivity contribution in [2.75, 3.05) is 24.2 Å². The van der Waals surface area contributed by atoms with Crippen LogP contribution in [0, 0.1) is 5.92 Å². The van der Waals surface area contributed by atoms with Crippen LogP contribution in [0.3, 0.4) is 0 Å². The highest BCUT2D eigenvalue weighted by molar-refractivity contribution is 7.52. The highest BCUT2D eigenvalue weighted by Crippen LogP contribution is 2.55. The molecule has 242 valence electrons. The number of imidazole rings is 2. The molecule has 3 fully saturated rings. The van der Waals surface area contributed by atoms with E-state index in [0.29, 0.717) is 0 Å². The Morgan fingerprint density at radius 2 is 1.69 bits per heavy atom. The molecule has 7 heterocycles. The van der Waals surface area contributed by atoms with Crippen molar-refractivity contribution < 1.29 is 46.4 Å². The van der Waals surface area contributed by atoms with Crippen LogP contribution in [-0.4, -0.2) is 92.2 Å². The van der Waals surface area contributed by atoms with E-state index in [1.54, 1.807) is 6.92 Å². The Hall–Kier alpha value is -3.39. The van der Waals surface area contributed by atoms with Gasteiger partial charge in [0, 0.05) is 5.92 Å². The number of fused-ring (bicyclic) bond motifs is 5. The van der Waals surface area contributed by atoms with Crippen molar-refractivity contribution in [3.8, 4) is 0 Å². The number of H-pyrrole nitrogens is 1. The van der Waals surface area contributed by atoms with Crippen molar-refractivity contribution in [1.82, 2.24) is 39.0 Å². The number of nitrogens with one attached hydrogen (secondary N) is 1. The third-order valence-electron chi connectivity index (χ3n) is 7.99. The molecule has 3 saturated heterocycles. The van der Waals surface area contributed by atoms with E-state index in [9.17, 15) is 23.7 Å². The minimum Gasteiger partial charge on any atom is -0.382 e. The molecular formula is C22H27FN10O10P2. The van der Waals surface area contributed by atoms with Crippen LogP contribution in [0.1, 0.15) is 25.8 Å². The van der Waals surface area contributed by atoms with Gasteiger partial charge in [-0.25, -0.2) is 28.9 Å². The van der Waals surface area contributed by atoms with Gasteiger partial charge in [0.2, 0.25) is 5.95 Å². The number of nitrogen functional groups attached to an aromatic ring is 2. The third kappa shape index (κ3) is 5.33. The van der Waals surface area contributed by atoms with Gasteiger partial charge in [-0.2, -0.15) is 4.98 Å². The summed E-state index contributed by atoms with van der Waals surface area (Å²) in [6.07, 6.45) is -6.98. The van der Waals surface area contributed by atoms with Crippen LogP contribution < -0.4 is 17.0 Å². The van der Waals surface area contributed by atoms with E-state index in [1.807, 2.05) is 0 Å². The molecule has 7 rings (SSSR count). The van der Waals surface area contributed by atoms with E-state index in [0.717, 1.165) is 6.33 Å². The number of hydrogen-bond acceptors (Lipinski definition) is 15. The molecule has 0 radical (unpaired) electrons. The minimum atomic E-state index is -4.95. The lowest BCUT2D eigenvalue weighted by Crippen LogP contribution is -2.34. The van der Waals surface area contributed by atoms with Crippen molar-refractivity contribution in [2.24, 2.45) is 5.92 Å². The summed E-state index contributed by atoms with van der Waals surface area (Å²) in [7, 11) is -9.49. The molecule has 4 aromatic heterocycles. The second-order valence-electron chi connectivity index (χ2n) is 10.8. The fourth-order valence-corrected chi connectivity index (χ4v) is 8.12. The standard InChI is InChI=1S/C22H27FN10O10P2/c1-8-9-2-3-44(35,36)42-15-10(41-20(11(15)23)32-6-28-12-16(24)26-5-27-17(12)32)4-39-45(37,38)43-14(8)21(40-9)33-7-29-13-18(33)30-22(25)31-19(13)34/h5-11,14-15,20-21H,2-4H2,1H3,(H,35,36)(H,37,38)(H2,24,26,27)(H3,25,30,31,34). The SMILES string of the molecule is CC1C2CCP(=O)(O)OC3C(COP(=O)(O)OC1C(n1cnc4c(=O)[nH]c(N)nc41)O2)OC(n1cnc2c(N)ncnc21)C3F. The molecular weight excluding hydrogens is 645 g/mol. The second kappa shape index (κ2) is 10.9. The molecule has 45 heavy (non-hydrogen) atoms. The Morgan fingerprint density at radius 3 is 2.47 bits per heavy atom. The summed E-state index contributed by atoms with van der Waals surface area (Å²) >= 11 is 0. The summed E-state index contributed by atoms with van der Waals surface area (Å²) in [5.41, 5.74) is 11.1. The predicted octanol–water partition coefficient (Wildman–Crippen LogP) is 0.369. The Kier molecular flexibility index (Phi) is 7.30. The Labute approximate surface area is 251 Å². The van der Waals surface area contributed by atoms with E-state index in [-0.39, 0.29) is 40.5 Å². The number of ether oxygens (including phenoxy) is 2. The third-order valence-corrected chi connectivity index (χ3v) is 10.4. The van der Waals surface area contributed by atoms with Crippen LogP contribution >= 0.6 is 15.4 Å². The van der Waals surface area contributed by atoms with Crippen molar-refractivity contribution in [2.45, 2.75) is 56.4 Å². The monoisotopic (exact) mass is 672 g/mol. The van der Waals surface area contributed by atoms with Gasteiger partial charge in [-0.3, -0.25) is 37.0 Å². The van der Waals surface area contributed by atoms with Crippen LogP contribution in [-0.2, 0) is 32.2 Å². The van der Waals surface area contributed by atoms with Crippen LogP contribution in [0.4, 0.5) is 16.2 Å². The van der Waals surface area contributed by atoms with E-state index in [1.165, 1.54) is 21.8 Å². The molecule has 4 aromatic rings. The zero-order valence-corrected chi connectivity index (χ0v) is 25.0. The van der Waals surface area contributed by atoms with Crippen LogP contribution in [0.15, 0.2) is 23.8 Å². The van der Waals surface area contributed by atoms with Gasteiger partial charge in [0.1, 0.15) is 30.2 Å². The molecule has 0 amide bonds. The zero-order valence-electron chi connectivity index (χ0n) is 23.2. The molecule has 3 aliphatic heterocycles. The number of rotatable bonds is 2.